The number of carbonyl (C=O) groups excluding carboxylic acids is 1. The van der Waals surface area contributed by atoms with Crippen LogP contribution in [0.4, 0.5) is 5.95 Å². The van der Waals surface area contributed by atoms with Gasteiger partial charge in [0.1, 0.15) is 0 Å². The Morgan fingerprint density at radius 3 is 2.78 bits per heavy atom. The van der Waals surface area contributed by atoms with Gasteiger partial charge < -0.3 is 10.6 Å². The second-order valence-corrected chi connectivity index (χ2v) is 5.38. The third kappa shape index (κ3) is 4.64. The molecule has 0 saturated heterocycles. The Balaban J connectivity index is 1.98. The van der Waals surface area contributed by atoms with Gasteiger partial charge >= 0.3 is 0 Å². The zero-order chi connectivity index (χ0) is 16.8. The number of amides is 1. The molecule has 7 heteroatoms. The van der Waals surface area contributed by atoms with Gasteiger partial charge in [0.2, 0.25) is 11.9 Å². The number of nitrogens with two attached hydrogens (primary N) is 1. The van der Waals surface area contributed by atoms with Crippen LogP contribution in [-0.4, -0.2) is 32.3 Å². The Morgan fingerprint density at radius 2 is 2.17 bits per heavy atom. The monoisotopic (exact) mass is 315 g/mol. The first-order valence-electron chi connectivity index (χ1n) is 7.48. The van der Waals surface area contributed by atoms with Crippen molar-refractivity contribution in [1.29, 1.82) is 0 Å². The molecule has 23 heavy (non-hydrogen) atoms. The van der Waals surface area contributed by atoms with Crippen LogP contribution in [0.15, 0.2) is 29.2 Å². The van der Waals surface area contributed by atoms with E-state index in [-0.39, 0.29) is 17.4 Å². The second kappa shape index (κ2) is 7.53. The van der Waals surface area contributed by atoms with E-state index in [0.29, 0.717) is 37.2 Å². The number of carbonyl (C=O) groups is 1. The SMILES string of the molecule is CC(=O)N(CCCc1c(C)nc(N)[nH]c1=O)Cc1ccccn1. The summed E-state index contributed by atoms with van der Waals surface area (Å²) in [6.45, 7) is 4.31. The highest BCUT2D eigenvalue weighted by atomic mass is 16.2. The summed E-state index contributed by atoms with van der Waals surface area (Å²) < 4.78 is 0. The Bertz CT molecular complexity index is 727. The lowest BCUT2D eigenvalue weighted by atomic mass is 10.1. The maximum absolute atomic E-state index is 11.9. The summed E-state index contributed by atoms with van der Waals surface area (Å²) in [5.41, 5.74) is 7.37. The van der Waals surface area contributed by atoms with Gasteiger partial charge in [-0.05, 0) is 31.9 Å². The van der Waals surface area contributed by atoms with Gasteiger partial charge in [-0.1, -0.05) is 6.07 Å². The lowest BCUT2D eigenvalue weighted by Crippen LogP contribution is -2.30. The van der Waals surface area contributed by atoms with Crippen LogP contribution in [0, 0.1) is 6.92 Å². The molecule has 0 bridgehead atoms. The molecule has 0 spiro atoms. The van der Waals surface area contributed by atoms with Gasteiger partial charge in [0, 0.05) is 30.9 Å². The Morgan fingerprint density at radius 1 is 1.39 bits per heavy atom. The fraction of sp³-hybridized carbons (Fsp3) is 0.375. The van der Waals surface area contributed by atoms with Gasteiger partial charge in [0.25, 0.3) is 5.56 Å². The van der Waals surface area contributed by atoms with Gasteiger partial charge in [-0.2, -0.15) is 0 Å². The van der Waals surface area contributed by atoms with Crippen LogP contribution in [-0.2, 0) is 17.8 Å². The molecule has 0 aliphatic rings. The minimum absolute atomic E-state index is 0.0169. The number of nitrogen functional groups attached to an aromatic ring is 1. The summed E-state index contributed by atoms with van der Waals surface area (Å²) in [5, 5.41) is 0. The summed E-state index contributed by atoms with van der Waals surface area (Å²) in [6, 6.07) is 5.61. The number of aromatic nitrogens is 3. The minimum atomic E-state index is -0.214. The molecule has 2 heterocycles. The van der Waals surface area contributed by atoms with E-state index in [1.54, 1.807) is 18.0 Å². The molecule has 122 valence electrons. The van der Waals surface area contributed by atoms with E-state index >= 15 is 0 Å². The van der Waals surface area contributed by atoms with Crippen molar-refractivity contribution >= 4 is 11.9 Å². The molecule has 0 fully saturated rings. The van der Waals surface area contributed by atoms with E-state index < -0.39 is 0 Å². The molecular formula is C16H21N5O2. The zero-order valence-electron chi connectivity index (χ0n) is 13.4. The number of aryl methyl sites for hydroxylation is 1. The Hall–Kier alpha value is -2.70. The molecule has 1 amide bonds. The van der Waals surface area contributed by atoms with Gasteiger partial charge in [-0.15, -0.1) is 0 Å². The topological polar surface area (TPSA) is 105 Å². The molecule has 2 rings (SSSR count). The minimum Gasteiger partial charge on any atom is -0.369 e. The highest BCUT2D eigenvalue weighted by Crippen LogP contribution is 2.07. The lowest BCUT2D eigenvalue weighted by molar-refractivity contribution is -0.129. The van der Waals surface area contributed by atoms with E-state index in [9.17, 15) is 9.59 Å². The molecule has 2 aromatic heterocycles. The average molecular weight is 315 g/mol. The molecule has 0 unspecified atom stereocenters. The van der Waals surface area contributed by atoms with Crippen molar-refractivity contribution in [3.8, 4) is 0 Å². The summed E-state index contributed by atoms with van der Waals surface area (Å²) in [7, 11) is 0. The first-order chi connectivity index (χ1) is 11.0. The van der Waals surface area contributed by atoms with Crippen LogP contribution in [0.3, 0.4) is 0 Å². The highest BCUT2D eigenvalue weighted by molar-refractivity contribution is 5.73. The molecule has 2 aromatic rings. The fourth-order valence-corrected chi connectivity index (χ4v) is 2.41. The van der Waals surface area contributed by atoms with Gasteiger partial charge in [-0.25, -0.2) is 4.98 Å². The van der Waals surface area contributed by atoms with E-state index in [4.69, 9.17) is 5.73 Å². The molecule has 0 atom stereocenters. The maximum atomic E-state index is 11.9. The van der Waals surface area contributed by atoms with Gasteiger partial charge in [0.05, 0.1) is 12.2 Å². The van der Waals surface area contributed by atoms with Crippen molar-refractivity contribution in [1.82, 2.24) is 19.9 Å². The van der Waals surface area contributed by atoms with E-state index in [1.807, 2.05) is 18.2 Å². The zero-order valence-corrected chi connectivity index (χ0v) is 13.4. The normalized spacial score (nSPS) is 10.5. The molecular weight excluding hydrogens is 294 g/mol. The standard InChI is InChI=1S/C16H21N5O2/c1-11-14(15(23)20-16(17)19-11)7-5-9-21(12(2)22)10-13-6-3-4-8-18-13/h3-4,6,8H,5,7,9-10H2,1-2H3,(H3,17,19,20,23). The number of hydrogen-bond acceptors (Lipinski definition) is 5. The smallest absolute Gasteiger partial charge is 0.255 e. The number of hydrogen-bond donors (Lipinski definition) is 2. The highest BCUT2D eigenvalue weighted by Gasteiger charge is 2.12. The van der Waals surface area contributed by atoms with Crippen molar-refractivity contribution < 1.29 is 4.79 Å². The predicted octanol–water partition coefficient (Wildman–Crippen LogP) is 1.04. The van der Waals surface area contributed by atoms with Crippen molar-refractivity contribution in [2.75, 3.05) is 12.3 Å². The van der Waals surface area contributed by atoms with E-state index in [2.05, 4.69) is 15.0 Å². The predicted molar refractivity (Wildman–Crippen MR) is 87.7 cm³/mol. The number of anilines is 1. The van der Waals surface area contributed by atoms with Gasteiger partial charge in [0.15, 0.2) is 0 Å². The molecule has 0 radical (unpaired) electrons. The van der Waals surface area contributed by atoms with Crippen molar-refractivity contribution in [2.45, 2.75) is 33.2 Å². The largest absolute Gasteiger partial charge is 0.369 e. The third-order valence-corrected chi connectivity index (χ3v) is 3.62. The first-order valence-corrected chi connectivity index (χ1v) is 7.48. The van der Waals surface area contributed by atoms with Crippen molar-refractivity contribution in [2.24, 2.45) is 0 Å². The number of pyridine rings is 1. The molecule has 0 aliphatic heterocycles. The first kappa shape index (κ1) is 16.7. The van der Waals surface area contributed by atoms with Crippen molar-refractivity contribution in [3.63, 3.8) is 0 Å². The number of rotatable bonds is 6. The Labute approximate surface area is 134 Å². The number of H-pyrrole nitrogens is 1. The lowest BCUT2D eigenvalue weighted by Gasteiger charge is -2.20. The van der Waals surface area contributed by atoms with Gasteiger partial charge in [-0.3, -0.25) is 19.6 Å². The number of nitrogens with one attached hydrogen (secondary N) is 1. The van der Waals surface area contributed by atoms with Crippen molar-refractivity contribution in [3.05, 3.63) is 51.7 Å². The van der Waals surface area contributed by atoms with Crippen LogP contribution in [0.5, 0.6) is 0 Å². The molecule has 3 N–H and O–H groups in total. The molecule has 7 nitrogen and oxygen atoms in total. The molecule has 0 aliphatic carbocycles. The quantitative estimate of drug-likeness (QED) is 0.828. The number of aromatic amines is 1. The summed E-state index contributed by atoms with van der Waals surface area (Å²) in [6.07, 6.45) is 2.92. The van der Waals surface area contributed by atoms with Crippen LogP contribution in [0.25, 0.3) is 0 Å². The molecule has 0 saturated carbocycles. The maximum Gasteiger partial charge on any atom is 0.255 e. The van der Waals surface area contributed by atoms with Crippen LogP contribution in [0.1, 0.15) is 30.3 Å². The molecule has 0 aromatic carbocycles. The van der Waals surface area contributed by atoms with Crippen LogP contribution >= 0.6 is 0 Å². The van der Waals surface area contributed by atoms with Crippen LogP contribution < -0.4 is 11.3 Å². The van der Waals surface area contributed by atoms with E-state index in [1.165, 1.54) is 6.92 Å². The van der Waals surface area contributed by atoms with E-state index in [0.717, 1.165) is 5.69 Å². The Kier molecular flexibility index (Phi) is 5.46. The second-order valence-electron chi connectivity index (χ2n) is 5.38. The summed E-state index contributed by atoms with van der Waals surface area (Å²) >= 11 is 0. The average Bonchev–Trinajstić information content (AvgIpc) is 2.49. The fourth-order valence-electron chi connectivity index (χ4n) is 2.41. The van der Waals surface area contributed by atoms with Crippen LogP contribution in [0.2, 0.25) is 0 Å². The summed E-state index contributed by atoms with van der Waals surface area (Å²) in [4.78, 5) is 36.2. The number of nitrogens with zero attached hydrogens (tertiary/aromatic N) is 3. The third-order valence-electron chi connectivity index (χ3n) is 3.62. The summed E-state index contributed by atoms with van der Waals surface area (Å²) in [5.74, 6) is 0.105.